The molecule has 1 rings (SSSR count). The average Bonchev–Trinajstić information content (AvgIpc) is 2.38. The van der Waals surface area contributed by atoms with Gasteiger partial charge >= 0.3 is 0 Å². The van der Waals surface area contributed by atoms with Crippen molar-refractivity contribution in [3.63, 3.8) is 0 Å². The minimum Gasteiger partial charge on any atom is -0.491 e. The highest BCUT2D eigenvalue weighted by molar-refractivity contribution is 5.28. The summed E-state index contributed by atoms with van der Waals surface area (Å²) in [6, 6.07) is 7.72. The van der Waals surface area contributed by atoms with Crippen molar-refractivity contribution in [3.8, 4) is 5.75 Å². The molecule has 1 aromatic carbocycles. The number of hydrogen-bond acceptors (Lipinski definition) is 3. The Morgan fingerprint density at radius 2 is 1.75 bits per heavy atom. The third kappa shape index (κ3) is 4.80. The molecule has 0 saturated carbocycles. The SMILES string of the molecule is CCC(C)(C)N(C)CC(O)c1ccc(OC(C)C)cc1. The van der Waals surface area contributed by atoms with Crippen LogP contribution < -0.4 is 4.74 Å². The molecule has 1 aromatic rings. The number of aliphatic hydroxyl groups excluding tert-OH is 1. The molecule has 0 saturated heterocycles. The van der Waals surface area contributed by atoms with Gasteiger partial charge in [-0.05, 0) is 58.9 Å². The summed E-state index contributed by atoms with van der Waals surface area (Å²) < 4.78 is 5.61. The van der Waals surface area contributed by atoms with E-state index in [0.29, 0.717) is 6.54 Å². The zero-order chi connectivity index (χ0) is 15.3. The lowest BCUT2D eigenvalue weighted by Gasteiger charge is -2.36. The van der Waals surface area contributed by atoms with Crippen LogP contribution in [0.15, 0.2) is 24.3 Å². The van der Waals surface area contributed by atoms with Crippen molar-refractivity contribution in [2.24, 2.45) is 0 Å². The molecule has 1 N–H and O–H groups in total. The molecule has 0 heterocycles. The van der Waals surface area contributed by atoms with Gasteiger partial charge in [-0.25, -0.2) is 0 Å². The number of ether oxygens (including phenoxy) is 1. The lowest BCUT2D eigenvalue weighted by molar-refractivity contribution is 0.0686. The van der Waals surface area contributed by atoms with Crippen LogP contribution in [0.5, 0.6) is 5.75 Å². The summed E-state index contributed by atoms with van der Waals surface area (Å²) in [5, 5.41) is 10.3. The summed E-state index contributed by atoms with van der Waals surface area (Å²) in [5.41, 5.74) is 1.03. The third-order valence-corrected chi connectivity index (χ3v) is 3.98. The van der Waals surface area contributed by atoms with Gasteiger partial charge in [0.2, 0.25) is 0 Å². The third-order valence-electron chi connectivity index (χ3n) is 3.98. The molecule has 0 aliphatic rings. The Morgan fingerprint density at radius 1 is 1.20 bits per heavy atom. The van der Waals surface area contributed by atoms with E-state index in [4.69, 9.17) is 4.74 Å². The lowest BCUT2D eigenvalue weighted by atomic mass is 9.98. The minimum absolute atomic E-state index is 0.0989. The molecule has 0 aliphatic heterocycles. The normalized spacial score (nSPS) is 13.8. The molecular formula is C17H29NO2. The maximum Gasteiger partial charge on any atom is 0.119 e. The van der Waals surface area contributed by atoms with Crippen LogP contribution in [-0.4, -0.2) is 35.2 Å². The predicted octanol–water partition coefficient (Wildman–Crippen LogP) is 3.63. The van der Waals surface area contributed by atoms with Crippen LogP contribution in [0.1, 0.15) is 52.7 Å². The Hall–Kier alpha value is -1.06. The highest BCUT2D eigenvalue weighted by Crippen LogP contribution is 2.23. The zero-order valence-electron chi connectivity index (χ0n) is 13.7. The van der Waals surface area contributed by atoms with Crippen molar-refractivity contribution >= 4 is 0 Å². The fourth-order valence-corrected chi connectivity index (χ4v) is 1.92. The van der Waals surface area contributed by atoms with E-state index in [9.17, 15) is 5.11 Å². The molecule has 0 aliphatic carbocycles. The minimum atomic E-state index is -0.473. The van der Waals surface area contributed by atoms with Crippen LogP contribution in [0, 0.1) is 0 Å². The van der Waals surface area contributed by atoms with E-state index in [1.54, 1.807) is 0 Å². The van der Waals surface area contributed by atoms with Crippen LogP contribution in [0.25, 0.3) is 0 Å². The van der Waals surface area contributed by atoms with E-state index in [1.165, 1.54) is 0 Å². The standard InChI is InChI=1S/C17H29NO2/c1-7-17(4,5)18(6)12-16(19)14-8-10-15(11-9-14)20-13(2)3/h8-11,13,16,19H,7,12H2,1-6H3. The first kappa shape index (κ1) is 17.0. The summed E-state index contributed by atoms with van der Waals surface area (Å²) in [6.45, 7) is 11.2. The molecule has 1 atom stereocenters. The number of nitrogens with zero attached hydrogens (tertiary/aromatic N) is 1. The van der Waals surface area contributed by atoms with E-state index >= 15 is 0 Å². The van der Waals surface area contributed by atoms with Gasteiger partial charge < -0.3 is 9.84 Å². The van der Waals surface area contributed by atoms with E-state index < -0.39 is 6.10 Å². The fraction of sp³-hybridized carbons (Fsp3) is 0.647. The van der Waals surface area contributed by atoms with Gasteiger partial charge in [-0.2, -0.15) is 0 Å². The van der Waals surface area contributed by atoms with Gasteiger partial charge in [-0.1, -0.05) is 19.1 Å². The fourth-order valence-electron chi connectivity index (χ4n) is 1.92. The highest BCUT2D eigenvalue weighted by Gasteiger charge is 2.23. The monoisotopic (exact) mass is 279 g/mol. The van der Waals surface area contributed by atoms with E-state index in [0.717, 1.165) is 17.7 Å². The molecule has 0 spiro atoms. The molecule has 0 radical (unpaired) electrons. The molecular weight excluding hydrogens is 250 g/mol. The summed E-state index contributed by atoms with van der Waals surface area (Å²) >= 11 is 0. The van der Waals surface area contributed by atoms with E-state index in [2.05, 4.69) is 32.7 Å². The zero-order valence-corrected chi connectivity index (χ0v) is 13.7. The molecule has 0 aromatic heterocycles. The summed E-state index contributed by atoms with van der Waals surface area (Å²) in [6.07, 6.45) is 0.749. The van der Waals surface area contributed by atoms with Crippen LogP contribution in [0.3, 0.4) is 0 Å². The highest BCUT2D eigenvalue weighted by atomic mass is 16.5. The van der Waals surface area contributed by atoms with E-state index in [1.807, 2.05) is 38.1 Å². The van der Waals surface area contributed by atoms with Gasteiger partial charge in [0, 0.05) is 12.1 Å². The molecule has 0 amide bonds. The first-order valence-corrected chi connectivity index (χ1v) is 7.42. The Labute approximate surface area is 123 Å². The Bertz CT molecular complexity index is 398. The second kappa shape index (κ2) is 7.09. The van der Waals surface area contributed by atoms with Gasteiger partial charge in [0.1, 0.15) is 5.75 Å². The molecule has 20 heavy (non-hydrogen) atoms. The summed E-state index contributed by atoms with van der Waals surface area (Å²) in [5.74, 6) is 0.846. The van der Waals surface area contributed by atoms with Gasteiger partial charge in [-0.3, -0.25) is 4.90 Å². The molecule has 3 heteroatoms. The van der Waals surface area contributed by atoms with Crippen molar-refractivity contribution in [1.82, 2.24) is 4.90 Å². The quantitative estimate of drug-likeness (QED) is 0.827. The van der Waals surface area contributed by atoms with Crippen LogP contribution in [0.4, 0.5) is 0 Å². The first-order valence-electron chi connectivity index (χ1n) is 7.42. The lowest BCUT2D eigenvalue weighted by Crippen LogP contribution is -2.42. The topological polar surface area (TPSA) is 32.7 Å². The number of rotatable bonds is 7. The predicted molar refractivity (Wildman–Crippen MR) is 84.2 cm³/mol. The van der Waals surface area contributed by atoms with Crippen molar-refractivity contribution < 1.29 is 9.84 Å². The number of hydrogen-bond donors (Lipinski definition) is 1. The second-order valence-corrected chi connectivity index (χ2v) is 6.30. The summed E-state index contributed by atoms with van der Waals surface area (Å²) in [7, 11) is 2.06. The van der Waals surface area contributed by atoms with Crippen LogP contribution >= 0.6 is 0 Å². The van der Waals surface area contributed by atoms with Gasteiger partial charge in [0.05, 0.1) is 12.2 Å². The number of likely N-dealkylation sites (N-methyl/N-ethyl adjacent to an activating group) is 1. The largest absolute Gasteiger partial charge is 0.491 e. The number of β-amino-alcohol motifs (C(OH)–C–C–N with tert-alkyl or cyclic N) is 1. The molecule has 0 fully saturated rings. The Kier molecular flexibility index (Phi) is 6.03. The first-order chi connectivity index (χ1) is 9.26. The molecule has 114 valence electrons. The van der Waals surface area contributed by atoms with Gasteiger partial charge in [-0.15, -0.1) is 0 Å². The summed E-state index contributed by atoms with van der Waals surface area (Å²) in [4.78, 5) is 2.20. The van der Waals surface area contributed by atoms with Crippen molar-refractivity contribution in [3.05, 3.63) is 29.8 Å². The van der Waals surface area contributed by atoms with Gasteiger partial charge in [0.25, 0.3) is 0 Å². The van der Waals surface area contributed by atoms with Crippen molar-refractivity contribution in [2.75, 3.05) is 13.6 Å². The number of benzene rings is 1. The van der Waals surface area contributed by atoms with Crippen LogP contribution in [-0.2, 0) is 0 Å². The Morgan fingerprint density at radius 3 is 2.20 bits per heavy atom. The van der Waals surface area contributed by atoms with Gasteiger partial charge in [0.15, 0.2) is 0 Å². The van der Waals surface area contributed by atoms with E-state index in [-0.39, 0.29) is 11.6 Å². The maximum atomic E-state index is 10.3. The average molecular weight is 279 g/mol. The molecule has 3 nitrogen and oxygen atoms in total. The number of aliphatic hydroxyl groups is 1. The molecule has 1 unspecified atom stereocenters. The molecule has 0 bridgehead atoms. The second-order valence-electron chi connectivity index (χ2n) is 6.30. The van der Waals surface area contributed by atoms with Crippen molar-refractivity contribution in [2.45, 2.75) is 58.8 Å². The Balaban J connectivity index is 2.66. The van der Waals surface area contributed by atoms with Crippen molar-refractivity contribution in [1.29, 1.82) is 0 Å². The maximum absolute atomic E-state index is 10.3. The van der Waals surface area contributed by atoms with Crippen LogP contribution in [0.2, 0.25) is 0 Å². The smallest absolute Gasteiger partial charge is 0.119 e.